The fourth-order valence-corrected chi connectivity index (χ4v) is 4.40. The molecule has 2 atom stereocenters. The molecule has 0 fully saturated rings. The first-order valence-corrected chi connectivity index (χ1v) is 8.18. The maximum absolute atomic E-state index is 6.08. The fraction of sp³-hybridized carbons (Fsp3) is 0.267. The summed E-state index contributed by atoms with van der Waals surface area (Å²) in [5.74, 6) is 2.35. The lowest BCUT2D eigenvalue weighted by Gasteiger charge is -2.16. The minimum Gasteiger partial charge on any atom is -0.496 e. The van der Waals surface area contributed by atoms with E-state index in [0.29, 0.717) is 5.88 Å². The predicted octanol–water partition coefficient (Wildman–Crippen LogP) is 2.93. The fourth-order valence-electron chi connectivity index (χ4n) is 2.37. The Hall–Kier alpha value is -1.80. The van der Waals surface area contributed by atoms with Crippen molar-refractivity contribution in [2.24, 2.45) is 0 Å². The summed E-state index contributed by atoms with van der Waals surface area (Å²) in [5, 5.41) is 1.17. The van der Waals surface area contributed by atoms with Crippen molar-refractivity contribution in [2.45, 2.75) is 5.85 Å². The van der Waals surface area contributed by atoms with Gasteiger partial charge in [0.15, 0.2) is 5.85 Å². The van der Waals surface area contributed by atoms with Gasteiger partial charge in [0.2, 0.25) is 5.88 Å². The number of methoxy groups -OCH3 is 2. The molecule has 0 amide bonds. The van der Waals surface area contributed by atoms with Crippen molar-refractivity contribution in [3.05, 3.63) is 42.1 Å². The quantitative estimate of drug-likeness (QED) is 0.815. The molecule has 104 valence electrons. The Kier molecular flexibility index (Phi) is 3.49. The Balaban J connectivity index is 1.99. The molecule has 1 aliphatic heterocycles. The average Bonchev–Trinajstić information content (AvgIpc) is 2.84. The summed E-state index contributed by atoms with van der Waals surface area (Å²) < 4.78 is 16.7. The van der Waals surface area contributed by atoms with E-state index in [2.05, 4.69) is 11.6 Å². The minimum atomic E-state index is -0.530. The highest BCUT2D eigenvalue weighted by atomic mass is 31.1. The lowest BCUT2D eigenvalue weighted by molar-refractivity contribution is 0.294. The Labute approximate surface area is 119 Å². The lowest BCUT2D eigenvalue weighted by atomic mass is 10.3. The number of benzene rings is 1. The van der Waals surface area contributed by atoms with Crippen molar-refractivity contribution in [3.8, 4) is 17.4 Å². The smallest absolute Gasteiger partial charge is 0.213 e. The summed E-state index contributed by atoms with van der Waals surface area (Å²) in [4.78, 5) is 4.49. The van der Waals surface area contributed by atoms with Crippen LogP contribution in [0.2, 0.25) is 0 Å². The van der Waals surface area contributed by atoms with E-state index in [1.165, 1.54) is 5.30 Å². The molecule has 0 N–H and O–H groups in total. The van der Waals surface area contributed by atoms with Gasteiger partial charge in [-0.3, -0.25) is 0 Å². The molecule has 1 aliphatic rings. The van der Waals surface area contributed by atoms with Gasteiger partial charge in [-0.05, 0) is 32.8 Å². The van der Waals surface area contributed by atoms with Gasteiger partial charge in [0, 0.05) is 6.07 Å². The van der Waals surface area contributed by atoms with E-state index in [0.717, 1.165) is 17.2 Å². The summed E-state index contributed by atoms with van der Waals surface area (Å²) in [6.45, 7) is 2.19. The molecule has 5 heteroatoms. The normalized spacial score (nSPS) is 20.1. The Morgan fingerprint density at radius 3 is 2.65 bits per heavy atom. The second-order valence-electron chi connectivity index (χ2n) is 4.49. The van der Waals surface area contributed by atoms with Gasteiger partial charge in [-0.2, -0.15) is 0 Å². The SMILES string of the molecule is COc1cccc([C@H]2Oc3cccc(OC)c3P2C)n1. The van der Waals surface area contributed by atoms with E-state index < -0.39 is 7.92 Å². The molecule has 0 aliphatic carbocycles. The third kappa shape index (κ3) is 2.10. The molecular formula is C15H16NO3P. The van der Waals surface area contributed by atoms with Gasteiger partial charge in [0.25, 0.3) is 0 Å². The highest BCUT2D eigenvalue weighted by Crippen LogP contribution is 2.56. The van der Waals surface area contributed by atoms with Crippen LogP contribution in [0.3, 0.4) is 0 Å². The van der Waals surface area contributed by atoms with Crippen LogP contribution in [0, 0.1) is 0 Å². The van der Waals surface area contributed by atoms with Crippen molar-refractivity contribution in [1.29, 1.82) is 0 Å². The highest BCUT2D eigenvalue weighted by molar-refractivity contribution is 7.65. The summed E-state index contributed by atoms with van der Waals surface area (Å²) in [6, 6.07) is 11.7. The van der Waals surface area contributed by atoms with E-state index in [4.69, 9.17) is 14.2 Å². The molecule has 1 aromatic heterocycles. The van der Waals surface area contributed by atoms with Crippen LogP contribution in [-0.4, -0.2) is 25.9 Å². The number of ether oxygens (including phenoxy) is 3. The Morgan fingerprint density at radius 1 is 1.10 bits per heavy atom. The van der Waals surface area contributed by atoms with Gasteiger partial charge >= 0.3 is 0 Å². The predicted molar refractivity (Wildman–Crippen MR) is 79.6 cm³/mol. The standard InChI is InChI=1S/C15H16NO3P/c1-17-11-7-5-8-12-14(11)20(3)15(19-12)10-6-4-9-13(16-10)18-2/h4-9,15H,1-3H3/t15-,20?/m0/s1. The molecular weight excluding hydrogens is 273 g/mol. The van der Waals surface area contributed by atoms with Gasteiger partial charge < -0.3 is 14.2 Å². The summed E-state index contributed by atoms with van der Waals surface area (Å²) >= 11 is 0. The minimum absolute atomic E-state index is 0.0496. The summed E-state index contributed by atoms with van der Waals surface area (Å²) in [6.07, 6.45) is 0. The van der Waals surface area contributed by atoms with Gasteiger partial charge in [-0.1, -0.05) is 12.1 Å². The molecule has 1 unspecified atom stereocenters. The maximum atomic E-state index is 6.08. The average molecular weight is 289 g/mol. The third-order valence-corrected chi connectivity index (χ3v) is 5.55. The van der Waals surface area contributed by atoms with Gasteiger partial charge in [-0.25, -0.2) is 4.98 Å². The van der Waals surface area contributed by atoms with Crippen LogP contribution in [0.1, 0.15) is 11.5 Å². The number of hydrogen-bond donors (Lipinski definition) is 0. The van der Waals surface area contributed by atoms with E-state index >= 15 is 0 Å². The molecule has 0 bridgehead atoms. The van der Waals surface area contributed by atoms with E-state index in [9.17, 15) is 0 Å². The zero-order chi connectivity index (χ0) is 14.1. The first-order chi connectivity index (χ1) is 9.74. The molecule has 3 rings (SSSR count). The van der Waals surface area contributed by atoms with E-state index in [1.54, 1.807) is 14.2 Å². The van der Waals surface area contributed by atoms with E-state index in [1.807, 2.05) is 36.4 Å². The van der Waals surface area contributed by atoms with Crippen LogP contribution >= 0.6 is 7.92 Å². The molecule has 0 spiro atoms. The molecule has 2 aromatic rings. The van der Waals surface area contributed by atoms with Crippen LogP contribution in [0.15, 0.2) is 36.4 Å². The largest absolute Gasteiger partial charge is 0.496 e. The summed E-state index contributed by atoms with van der Waals surface area (Å²) in [7, 11) is 2.78. The third-order valence-electron chi connectivity index (χ3n) is 3.33. The van der Waals surface area contributed by atoms with Crippen molar-refractivity contribution in [1.82, 2.24) is 4.98 Å². The van der Waals surface area contributed by atoms with Gasteiger partial charge in [0.1, 0.15) is 11.5 Å². The van der Waals surface area contributed by atoms with Crippen LogP contribution in [0.25, 0.3) is 0 Å². The number of pyridine rings is 1. The van der Waals surface area contributed by atoms with Crippen molar-refractivity contribution in [2.75, 3.05) is 20.9 Å². The first-order valence-electron chi connectivity index (χ1n) is 6.32. The Bertz CT molecular complexity index is 632. The molecule has 0 radical (unpaired) electrons. The first kappa shape index (κ1) is 13.2. The summed E-state index contributed by atoms with van der Waals surface area (Å²) in [5.41, 5.74) is 0.899. The van der Waals surface area contributed by atoms with Crippen molar-refractivity contribution < 1.29 is 14.2 Å². The number of rotatable bonds is 3. The van der Waals surface area contributed by atoms with Crippen LogP contribution < -0.4 is 19.5 Å². The highest BCUT2D eigenvalue weighted by Gasteiger charge is 2.35. The zero-order valence-electron chi connectivity index (χ0n) is 11.7. The number of fused-ring (bicyclic) bond motifs is 1. The lowest BCUT2D eigenvalue weighted by Crippen LogP contribution is -2.05. The molecule has 4 nitrogen and oxygen atoms in total. The van der Waals surface area contributed by atoms with Gasteiger partial charge in [0.05, 0.1) is 25.2 Å². The zero-order valence-corrected chi connectivity index (χ0v) is 12.6. The molecule has 1 aromatic carbocycles. The van der Waals surface area contributed by atoms with Crippen LogP contribution in [-0.2, 0) is 0 Å². The topological polar surface area (TPSA) is 40.6 Å². The monoisotopic (exact) mass is 289 g/mol. The molecule has 0 saturated carbocycles. The number of nitrogens with zero attached hydrogens (tertiary/aromatic N) is 1. The van der Waals surface area contributed by atoms with Crippen molar-refractivity contribution >= 4 is 13.2 Å². The maximum Gasteiger partial charge on any atom is 0.213 e. The molecule has 20 heavy (non-hydrogen) atoms. The number of aromatic nitrogens is 1. The van der Waals surface area contributed by atoms with Crippen LogP contribution in [0.5, 0.6) is 17.4 Å². The molecule has 0 saturated heterocycles. The number of hydrogen-bond acceptors (Lipinski definition) is 4. The van der Waals surface area contributed by atoms with Gasteiger partial charge in [-0.15, -0.1) is 0 Å². The van der Waals surface area contributed by atoms with E-state index in [-0.39, 0.29) is 5.85 Å². The molecule has 2 heterocycles. The van der Waals surface area contributed by atoms with Crippen LogP contribution in [0.4, 0.5) is 0 Å². The second kappa shape index (κ2) is 5.29. The second-order valence-corrected chi connectivity index (χ2v) is 6.63. The van der Waals surface area contributed by atoms with Crippen molar-refractivity contribution in [3.63, 3.8) is 0 Å². The Morgan fingerprint density at radius 2 is 1.90 bits per heavy atom.